The SMILES string of the molecule is CCCCCCCCCCCCCCOc1cc(CN(C(C)=O)c2ccc(CN3C=CSC3)cc2)ccc1C(C)(C)C. The second kappa shape index (κ2) is 18.3. The van der Waals surface area contributed by atoms with E-state index in [1.807, 2.05) is 16.7 Å². The number of benzene rings is 2. The Morgan fingerprint density at radius 2 is 1.45 bits per heavy atom. The predicted octanol–water partition coefficient (Wildman–Crippen LogP) is 10.6. The maximum atomic E-state index is 12.7. The van der Waals surface area contributed by atoms with Gasteiger partial charge in [-0.3, -0.25) is 4.79 Å². The molecule has 0 spiro atoms. The normalized spacial score (nSPS) is 13.1. The van der Waals surface area contributed by atoms with Gasteiger partial charge in [-0.15, -0.1) is 11.8 Å². The molecule has 0 atom stereocenters. The topological polar surface area (TPSA) is 32.8 Å². The van der Waals surface area contributed by atoms with Crippen LogP contribution in [-0.2, 0) is 23.3 Å². The van der Waals surface area contributed by atoms with Crippen molar-refractivity contribution in [1.29, 1.82) is 0 Å². The number of ether oxygens (including phenoxy) is 1. The van der Waals surface area contributed by atoms with E-state index in [2.05, 4.69) is 86.7 Å². The van der Waals surface area contributed by atoms with Crippen molar-refractivity contribution in [3.63, 3.8) is 0 Å². The fourth-order valence-electron chi connectivity index (χ4n) is 5.52. The van der Waals surface area contributed by atoms with Gasteiger partial charge >= 0.3 is 0 Å². The van der Waals surface area contributed by atoms with E-state index in [9.17, 15) is 4.79 Å². The minimum Gasteiger partial charge on any atom is -0.493 e. The number of carbonyl (C=O) groups excluding carboxylic acids is 1. The molecule has 1 amide bonds. The summed E-state index contributed by atoms with van der Waals surface area (Å²) in [5, 5.41) is 2.13. The number of rotatable bonds is 19. The molecule has 0 bridgehead atoms. The Balaban J connectivity index is 1.50. The molecular weight excluding hydrogens is 536 g/mol. The quantitative estimate of drug-likeness (QED) is 0.152. The van der Waals surface area contributed by atoms with Crippen LogP contribution in [0.15, 0.2) is 54.1 Å². The number of nitrogens with zero attached hydrogens (tertiary/aromatic N) is 2. The van der Waals surface area contributed by atoms with Gasteiger partial charge in [-0.1, -0.05) is 123 Å². The number of carbonyl (C=O) groups is 1. The van der Waals surface area contributed by atoms with E-state index in [0.717, 1.165) is 42.4 Å². The van der Waals surface area contributed by atoms with Crippen molar-refractivity contribution in [2.24, 2.45) is 0 Å². The highest BCUT2D eigenvalue weighted by Gasteiger charge is 2.21. The molecule has 0 unspecified atom stereocenters. The molecule has 0 saturated heterocycles. The van der Waals surface area contributed by atoms with Gasteiger partial charge in [0.05, 0.1) is 19.0 Å². The zero-order valence-electron chi connectivity index (χ0n) is 27.1. The van der Waals surface area contributed by atoms with Crippen LogP contribution in [-0.4, -0.2) is 23.3 Å². The number of thioether (sulfide) groups is 1. The smallest absolute Gasteiger partial charge is 0.224 e. The molecule has 4 nitrogen and oxygen atoms in total. The fraction of sp³-hybridized carbons (Fsp3) is 0.595. The van der Waals surface area contributed by atoms with Crippen LogP contribution in [0.5, 0.6) is 5.75 Å². The zero-order valence-corrected chi connectivity index (χ0v) is 27.9. The van der Waals surface area contributed by atoms with Gasteiger partial charge in [0.2, 0.25) is 5.91 Å². The molecule has 0 fully saturated rings. The highest BCUT2D eigenvalue weighted by molar-refractivity contribution is 8.02. The summed E-state index contributed by atoms with van der Waals surface area (Å²) in [6, 6.07) is 14.9. The number of hydrogen-bond donors (Lipinski definition) is 0. The molecule has 0 aliphatic carbocycles. The van der Waals surface area contributed by atoms with Crippen LogP contribution >= 0.6 is 11.8 Å². The fourth-order valence-corrected chi connectivity index (χ4v) is 6.23. The van der Waals surface area contributed by atoms with Gasteiger partial charge < -0.3 is 14.5 Å². The largest absolute Gasteiger partial charge is 0.493 e. The second-order valence-electron chi connectivity index (χ2n) is 12.9. The molecule has 0 aromatic heterocycles. The van der Waals surface area contributed by atoms with Crippen molar-refractivity contribution in [2.75, 3.05) is 17.4 Å². The van der Waals surface area contributed by atoms with Crippen molar-refractivity contribution in [3.05, 3.63) is 70.8 Å². The zero-order chi connectivity index (χ0) is 30.2. The summed E-state index contributed by atoms with van der Waals surface area (Å²) in [6.45, 7) is 12.8. The van der Waals surface area contributed by atoms with Gasteiger partial charge in [-0.2, -0.15) is 0 Å². The highest BCUT2D eigenvalue weighted by Crippen LogP contribution is 2.33. The summed E-state index contributed by atoms with van der Waals surface area (Å²) >= 11 is 1.81. The molecule has 1 aliphatic rings. The minimum atomic E-state index is -0.0104. The number of hydrogen-bond acceptors (Lipinski definition) is 4. The lowest BCUT2D eigenvalue weighted by Crippen LogP contribution is -2.28. The summed E-state index contributed by atoms with van der Waals surface area (Å²) in [5.41, 5.74) is 4.47. The monoisotopic (exact) mass is 592 g/mol. The van der Waals surface area contributed by atoms with Crippen LogP contribution < -0.4 is 9.64 Å². The molecule has 5 heteroatoms. The van der Waals surface area contributed by atoms with E-state index in [0.29, 0.717) is 6.54 Å². The van der Waals surface area contributed by atoms with Gasteiger partial charge in [-0.25, -0.2) is 0 Å². The third-order valence-electron chi connectivity index (χ3n) is 8.07. The molecule has 0 saturated carbocycles. The Morgan fingerprint density at radius 3 is 2.00 bits per heavy atom. The minimum absolute atomic E-state index is 0.0104. The lowest BCUT2D eigenvalue weighted by Gasteiger charge is -2.26. The first-order chi connectivity index (χ1) is 20.3. The van der Waals surface area contributed by atoms with E-state index in [1.54, 1.807) is 6.92 Å². The molecule has 3 rings (SSSR count). The van der Waals surface area contributed by atoms with Crippen LogP contribution in [0.2, 0.25) is 0 Å². The lowest BCUT2D eigenvalue weighted by molar-refractivity contribution is -0.116. The summed E-state index contributed by atoms with van der Waals surface area (Å²) in [4.78, 5) is 16.9. The molecular formula is C37H56N2O2S. The molecule has 2 aromatic carbocycles. The van der Waals surface area contributed by atoms with Crippen molar-refractivity contribution >= 4 is 23.4 Å². The van der Waals surface area contributed by atoms with Gasteiger partial charge in [0.15, 0.2) is 0 Å². The van der Waals surface area contributed by atoms with Crippen LogP contribution in [0, 0.1) is 0 Å². The summed E-state index contributed by atoms with van der Waals surface area (Å²) in [6.07, 6.45) is 18.2. The van der Waals surface area contributed by atoms with E-state index in [-0.39, 0.29) is 11.3 Å². The Labute approximate surface area is 261 Å². The highest BCUT2D eigenvalue weighted by atomic mass is 32.2. The van der Waals surface area contributed by atoms with Gasteiger partial charge in [0, 0.05) is 25.4 Å². The first-order valence-corrected chi connectivity index (χ1v) is 17.5. The maximum absolute atomic E-state index is 12.7. The van der Waals surface area contributed by atoms with Crippen molar-refractivity contribution in [2.45, 2.75) is 130 Å². The molecule has 42 heavy (non-hydrogen) atoms. The van der Waals surface area contributed by atoms with E-state index < -0.39 is 0 Å². The number of amides is 1. The third-order valence-corrected chi connectivity index (χ3v) is 8.87. The first kappa shape index (κ1) is 34.1. The maximum Gasteiger partial charge on any atom is 0.224 e. The Hall–Kier alpha value is -2.40. The standard InChI is InChI=1S/C37H56N2O2S/c1-6-7-8-9-10-11-12-13-14-15-16-17-25-41-36-27-33(20-23-35(36)37(3,4)5)29-39(31(2)40)34-21-18-32(19-22-34)28-38-24-26-42-30-38/h18-24,26-27H,6-17,25,28-30H2,1-5H3. The van der Waals surface area contributed by atoms with Crippen LogP contribution in [0.1, 0.15) is 128 Å². The van der Waals surface area contributed by atoms with Crippen LogP contribution in [0.3, 0.4) is 0 Å². The van der Waals surface area contributed by atoms with Crippen molar-refractivity contribution < 1.29 is 9.53 Å². The molecule has 0 radical (unpaired) electrons. The average Bonchev–Trinajstić information content (AvgIpc) is 3.47. The Bertz CT molecular complexity index is 1090. The van der Waals surface area contributed by atoms with Gasteiger partial charge in [-0.05, 0) is 52.1 Å². The summed E-state index contributed by atoms with van der Waals surface area (Å²) in [5.74, 6) is 1.99. The molecule has 1 aliphatic heterocycles. The first-order valence-electron chi connectivity index (χ1n) is 16.4. The van der Waals surface area contributed by atoms with Gasteiger partial charge in [0.1, 0.15) is 5.75 Å². The van der Waals surface area contributed by atoms with Crippen LogP contribution in [0.4, 0.5) is 5.69 Å². The van der Waals surface area contributed by atoms with E-state index in [1.165, 1.54) is 81.8 Å². The lowest BCUT2D eigenvalue weighted by atomic mass is 9.85. The summed E-state index contributed by atoms with van der Waals surface area (Å²) in [7, 11) is 0. The third kappa shape index (κ3) is 12.1. The predicted molar refractivity (Wildman–Crippen MR) is 182 cm³/mol. The second-order valence-corrected chi connectivity index (χ2v) is 13.8. The Morgan fingerprint density at radius 1 is 0.857 bits per heavy atom. The Kier molecular flexibility index (Phi) is 14.9. The van der Waals surface area contributed by atoms with Crippen molar-refractivity contribution in [3.8, 4) is 5.75 Å². The van der Waals surface area contributed by atoms with E-state index in [4.69, 9.17) is 4.74 Å². The van der Waals surface area contributed by atoms with Gasteiger partial charge in [0.25, 0.3) is 0 Å². The number of anilines is 1. The van der Waals surface area contributed by atoms with Crippen LogP contribution in [0.25, 0.3) is 0 Å². The van der Waals surface area contributed by atoms with Crippen molar-refractivity contribution in [1.82, 2.24) is 4.90 Å². The van der Waals surface area contributed by atoms with E-state index >= 15 is 0 Å². The average molecular weight is 593 g/mol. The molecule has 232 valence electrons. The molecule has 1 heterocycles. The number of unbranched alkanes of at least 4 members (excludes halogenated alkanes) is 11. The molecule has 0 N–H and O–H groups in total. The summed E-state index contributed by atoms with van der Waals surface area (Å²) < 4.78 is 6.41. The molecule has 2 aromatic rings.